The molecular formula is C19H23N3O. The monoisotopic (exact) mass is 309 g/mol. The highest BCUT2D eigenvalue weighted by atomic mass is 16.1. The number of carbonyl (C=O) groups is 1. The summed E-state index contributed by atoms with van der Waals surface area (Å²) in [6, 6.07) is 17.9. The summed E-state index contributed by atoms with van der Waals surface area (Å²) in [6.07, 6.45) is 3.87. The number of hydrogen-bond donors (Lipinski definition) is 2. The predicted molar refractivity (Wildman–Crippen MR) is 96.1 cm³/mol. The zero-order chi connectivity index (χ0) is 15.9. The molecular weight excluding hydrogens is 286 g/mol. The van der Waals surface area contributed by atoms with Crippen molar-refractivity contribution in [3.8, 4) is 0 Å². The Morgan fingerprint density at radius 1 is 0.870 bits per heavy atom. The van der Waals surface area contributed by atoms with E-state index in [0.29, 0.717) is 0 Å². The Balaban J connectivity index is 1.50. The van der Waals surface area contributed by atoms with Crippen LogP contribution < -0.4 is 15.5 Å². The maximum atomic E-state index is 12.0. The van der Waals surface area contributed by atoms with Gasteiger partial charge in [-0.2, -0.15) is 0 Å². The number of nitrogens with zero attached hydrogens (tertiary/aromatic N) is 1. The van der Waals surface area contributed by atoms with E-state index in [4.69, 9.17) is 0 Å². The lowest BCUT2D eigenvalue weighted by atomic mass is 10.1. The van der Waals surface area contributed by atoms with Crippen LogP contribution in [0.2, 0.25) is 0 Å². The zero-order valence-corrected chi connectivity index (χ0v) is 13.3. The fourth-order valence-corrected chi connectivity index (χ4v) is 2.85. The first kappa shape index (κ1) is 15.4. The number of anilines is 3. The third-order valence-electron chi connectivity index (χ3n) is 4.10. The van der Waals surface area contributed by atoms with Gasteiger partial charge in [0.25, 0.3) is 0 Å². The highest BCUT2D eigenvalue weighted by Gasteiger charge is 2.10. The molecule has 1 fully saturated rings. The molecule has 120 valence electrons. The van der Waals surface area contributed by atoms with Gasteiger partial charge in [0.05, 0.1) is 6.54 Å². The number of nitrogens with one attached hydrogen (secondary N) is 2. The van der Waals surface area contributed by atoms with Crippen LogP contribution in [-0.2, 0) is 4.79 Å². The highest BCUT2D eigenvalue weighted by molar-refractivity contribution is 5.93. The van der Waals surface area contributed by atoms with E-state index in [1.807, 2.05) is 42.5 Å². The first-order chi connectivity index (χ1) is 11.3. The van der Waals surface area contributed by atoms with E-state index in [9.17, 15) is 4.79 Å². The van der Waals surface area contributed by atoms with E-state index in [-0.39, 0.29) is 12.5 Å². The third kappa shape index (κ3) is 4.49. The van der Waals surface area contributed by atoms with Crippen molar-refractivity contribution in [1.82, 2.24) is 0 Å². The van der Waals surface area contributed by atoms with Crippen LogP contribution in [0.4, 0.5) is 17.1 Å². The minimum atomic E-state index is -0.0421. The minimum Gasteiger partial charge on any atom is -0.376 e. The summed E-state index contributed by atoms with van der Waals surface area (Å²) in [5, 5.41) is 6.03. The fraction of sp³-hybridized carbons (Fsp3) is 0.316. The highest BCUT2D eigenvalue weighted by Crippen LogP contribution is 2.21. The lowest BCUT2D eigenvalue weighted by Gasteiger charge is -2.28. The second-order valence-corrected chi connectivity index (χ2v) is 5.86. The van der Waals surface area contributed by atoms with Crippen molar-refractivity contribution in [2.75, 3.05) is 35.2 Å². The molecule has 0 bridgehead atoms. The van der Waals surface area contributed by atoms with Gasteiger partial charge >= 0.3 is 0 Å². The van der Waals surface area contributed by atoms with Crippen LogP contribution in [0.25, 0.3) is 0 Å². The minimum absolute atomic E-state index is 0.0421. The van der Waals surface area contributed by atoms with E-state index < -0.39 is 0 Å². The maximum absolute atomic E-state index is 12.0. The summed E-state index contributed by atoms with van der Waals surface area (Å²) in [5.74, 6) is -0.0421. The number of piperidine rings is 1. The Morgan fingerprint density at radius 2 is 1.57 bits per heavy atom. The standard InChI is InChI=1S/C19H23N3O/c23-19(15-20-16-7-3-1-4-8-16)21-17-9-11-18(12-10-17)22-13-5-2-6-14-22/h1,3-4,7-12,20H,2,5-6,13-15H2,(H,21,23). The van der Waals surface area contributed by atoms with Crippen LogP contribution in [-0.4, -0.2) is 25.5 Å². The zero-order valence-electron chi connectivity index (χ0n) is 13.3. The summed E-state index contributed by atoms with van der Waals surface area (Å²) in [7, 11) is 0. The quantitative estimate of drug-likeness (QED) is 0.884. The van der Waals surface area contributed by atoms with Crippen molar-refractivity contribution < 1.29 is 4.79 Å². The lowest BCUT2D eigenvalue weighted by molar-refractivity contribution is -0.114. The van der Waals surface area contributed by atoms with Crippen LogP contribution >= 0.6 is 0 Å². The van der Waals surface area contributed by atoms with E-state index in [1.54, 1.807) is 0 Å². The first-order valence-corrected chi connectivity index (χ1v) is 8.25. The van der Waals surface area contributed by atoms with Gasteiger partial charge in [0.15, 0.2) is 0 Å². The Bertz CT molecular complexity index is 619. The molecule has 2 aromatic carbocycles. The average Bonchev–Trinajstić information content (AvgIpc) is 2.62. The molecule has 4 heteroatoms. The number of benzene rings is 2. The summed E-state index contributed by atoms with van der Waals surface area (Å²) in [4.78, 5) is 14.4. The molecule has 0 spiro atoms. The van der Waals surface area contributed by atoms with Gasteiger partial charge in [0.1, 0.15) is 0 Å². The molecule has 0 aliphatic carbocycles. The van der Waals surface area contributed by atoms with Crippen LogP contribution in [0, 0.1) is 0 Å². The van der Waals surface area contributed by atoms with Crippen LogP contribution in [0.1, 0.15) is 19.3 Å². The molecule has 1 amide bonds. The smallest absolute Gasteiger partial charge is 0.243 e. The van der Waals surface area contributed by atoms with E-state index in [2.05, 4.69) is 27.7 Å². The molecule has 23 heavy (non-hydrogen) atoms. The van der Waals surface area contributed by atoms with E-state index in [0.717, 1.165) is 24.5 Å². The van der Waals surface area contributed by atoms with Gasteiger partial charge < -0.3 is 15.5 Å². The lowest BCUT2D eigenvalue weighted by Crippen LogP contribution is -2.29. The number of carbonyl (C=O) groups excluding carboxylic acids is 1. The molecule has 3 rings (SSSR count). The number of para-hydroxylation sites is 1. The summed E-state index contributed by atoms with van der Waals surface area (Å²) in [5.41, 5.74) is 3.03. The SMILES string of the molecule is O=C(CNc1ccccc1)Nc1ccc(N2CCCCC2)cc1. The molecule has 1 aliphatic heterocycles. The first-order valence-electron chi connectivity index (χ1n) is 8.25. The maximum Gasteiger partial charge on any atom is 0.243 e. The van der Waals surface area contributed by atoms with E-state index >= 15 is 0 Å². The largest absolute Gasteiger partial charge is 0.376 e. The predicted octanol–water partition coefficient (Wildman–Crippen LogP) is 3.73. The van der Waals surface area contributed by atoms with Crippen molar-refractivity contribution >= 4 is 23.0 Å². The van der Waals surface area contributed by atoms with Gasteiger partial charge in [0, 0.05) is 30.2 Å². The van der Waals surface area contributed by atoms with E-state index in [1.165, 1.54) is 24.9 Å². The molecule has 0 atom stereocenters. The fourth-order valence-electron chi connectivity index (χ4n) is 2.85. The molecule has 1 heterocycles. The molecule has 0 saturated carbocycles. The van der Waals surface area contributed by atoms with Crippen LogP contribution in [0.15, 0.2) is 54.6 Å². The molecule has 1 aliphatic rings. The Morgan fingerprint density at radius 3 is 2.26 bits per heavy atom. The summed E-state index contributed by atoms with van der Waals surface area (Å²) in [6.45, 7) is 2.53. The molecule has 1 saturated heterocycles. The molecule has 2 aromatic rings. The molecule has 4 nitrogen and oxygen atoms in total. The van der Waals surface area contributed by atoms with Crippen LogP contribution in [0.5, 0.6) is 0 Å². The van der Waals surface area contributed by atoms with Gasteiger partial charge in [-0.25, -0.2) is 0 Å². The molecule has 0 unspecified atom stereocenters. The summed E-state index contributed by atoms with van der Waals surface area (Å²) >= 11 is 0. The summed E-state index contributed by atoms with van der Waals surface area (Å²) < 4.78 is 0. The molecule has 2 N–H and O–H groups in total. The molecule has 0 radical (unpaired) electrons. The average molecular weight is 309 g/mol. The number of amides is 1. The van der Waals surface area contributed by atoms with Gasteiger partial charge in [-0.1, -0.05) is 18.2 Å². The van der Waals surface area contributed by atoms with Crippen molar-refractivity contribution in [1.29, 1.82) is 0 Å². The third-order valence-corrected chi connectivity index (χ3v) is 4.10. The number of rotatable bonds is 5. The van der Waals surface area contributed by atoms with Crippen molar-refractivity contribution in [3.63, 3.8) is 0 Å². The van der Waals surface area contributed by atoms with Gasteiger partial charge in [-0.15, -0.1) is 0 Å². The second kappa shape index (κ2) is 7.68. The Labute approximate surface area is 137 Å². The van der Waals surface area contributed by atoms with Gasteiger partial charge in [0.2, 0.25) is 5.91 Å². The molecule has 0 aromatic heterocycles. The van der Waals surface area contributed by atoms with Crippen LogP contribution in [0.3, 0.4) is 0 Å². The normalized spacial score (nSPS) is 14.3. The van der Waals surface area contributed by atoms with Crippen molar-refractivity contribution in [3.05, 3.63) is 54.6 Å². The van der Waals surface area contributed by atoms with Crippen molar-refractivity contribution in [2.45, 2.75) is 19.3 Å². The number of hydrogen-bond acceptors (Lipinski definition) is 3. The van der Waals surface area contributed by atoms with Crippen molar-refractivity contribution in [2.24, 2.45) is 0 Å². The second-order valence-electron chi connectivity index (χ2n) is 5.86. The van der Waals surface area contributed by atoms with Gasteiger partial charge in [-0.05, 0) is 55.7 Å². The topological polar surface area (TPSA) is 44.4 Å². The Kier molecular flexibility index (Phi) is 5.14. The Hall–Kier alpha value is -2.49. The van der Waals surface area contributed by atoms with Gasteiger partial charge in [-0.3, -0.25) is 4.79 Å².